The highest BCUT2D eigenvalue weighted by atomic mass is 127. The average Bonchev–Trinajstić information content (AvgIpc) is 2.82. The summed E-state index contributed by atoms with van der Waals surface area (Å²) >= 11 is 2.02. The van der Waals surface area contributed by atoms with Crippen LogP contribution in [0.3, 0.4) is 0 Å². The Kier molecular flexibility index (Phi) is 4.92. The third-order valence-electron chi connectivity index (χ3n) is 3.45. The van der Waals surface area contributed by atoms with Crippen LogP contribution in [-0.2, 0) is 0 Å². The number of rotatable bonds is 4. The Bertz CT molecular complexity index is 536. The summed E-state index contributed by atoms with van der Waals surface area (Å²) in [4.78, 5) is 24.6. The SMILES string of the molecule is CN1CCC(CNC(=O)c2cc([N+](=O)[O-])ccc2I)C1. The molecule has 6 nitrogen and oxygen atoms in total. The van der Waals surface area contributed by atoms with Crippen LogP contribution in [0.25, 0.3) is 0 Å². The molecule has 1 atom stereocenters. The minimum absolute atomic E-state index is 0.0591. The molecule has 20 heavy (non-hydrogen) atoms. The van der Waals surface area contributed by atoms with Crippen molar-refractivity contribution in [3.05, 3.63) is 37.4 Å². The molecule has 0 aliphatic carbocycles. The van der Waals surface area contributed by atoms with E-state index in [9.17, 15) is 14.9 Å². The molecular weight excluding hydrogens is 373 g/mol. The Morgan fingerprint density at radius 3 is 2.95 bits per heavy atom. The number of carbonyl (C=O) groups excluding carboxylic acids is 1. The van der Waals surface area contributed by atoms with E-state index in [0.29, 0.717) is 21.6 Å². The monoisotopic (exact) mass is 389 g/mol. The Balaban J connectivity index is 2.01. The van der Waals surface area contributed by atoms with Gasteiger partial charge in [0.05, 0.1) is 10.5 Å². The summed E-state index contributed by atoms with van der Waals surface area (Å²) in [5.41, 5.74) is 0.308. The molecule has 1 aromatic carbocycles. The van der Waals surface area contributed by atoms with E-state index in [-0.39, 0.29) is 11.6 Å². The maximum absolute atomic E-state index is 12.1. The van der Waals surface area contributed by atoms with Crippen molar-refractivity contribution in [3.63, 3.8) is 0 Å². The molecule has 1 saturated heterocycles. The predicted molar refractivity (Wildman–Crippen MR) is 83.8 cm³/mol. The molecule has 7 heteroatoms. The lowest BCUT2D eigenvalue weighted by Gasteiger charge is -2.12. The van der Waals surface area contributed by atoms with Gasteiger partial charge in [-0.3, -0.25) is 14.9 Å². The standard InChI is InChI=1S/C13H16IN3O3/c1-16-5-4-9(8-16)7-15-13(18)11-6-10(17(19)20)2-3-12(11)14/h2-3,6,9H,4-5,7-8H2,1H3,(H,15,18). The van der Waals surface area contributed by atoms with Crippen molar-refractivity contribution in [2.24, 2.45) is 5.92 Å². The number of non-ortho nitro benzene ring substituents is 1. The molecule has 0 saturated carbocycles. The smallest absolute Gasteiger partial charge is 0.270 e. The second kappa shape index (κ2) is 6.49. The number of hydrogen-bond donors (Lipinski definition) is 1. The van der Waals surface area contributed by atoms with Crippen LogP contribution >= 0.6 is 22.6 Å². The first-order valence-electron chi connectivity index (χ1n) is 6.38. The normalized spacial score (nSPS) is 19.0. The maximum atomic E-state index is 12.1. The number of likely N-dealkylation sites (tertiary alicyclic amines) is 1. The zero-order valence-electron chi connectivity index (χ0n) is 11.1. The van der Waals surface area contributed by atoms with Gasteiger partial charge in [-0.15, -0.1) is 0 Å². The third-order valence-corrected chi connectivity index (χ3v) is 4.39. The zero-order valence-corrected chi connectivity index (χ0v) is 13.3. The first-order chi connectivity index (χ1) is 9.47. The van der Waals surface area contributed by atoms with Gasteiger partial charge < -0.3 is 10.2 Å². The average molecular weight is 389 g/mol. The Labute approximate surface area is 130 Å². The number of nitrogens with one attached hydrogen (secondary N) is 1. The van der Waals surface area contributed by atoms with E-state index in [2.05, 4.69) is 17.3 Å². The number of nitrogens with zero attached hydrogens (tertiary/aromatic N) is 2. The topological polar surface area (TPSA) is 75.5 Å². The molecule has 1 N–H and O–H groups in total. The summed E-state index contributed by atoms with van der Waals surface area (Å²) in [6, 6.07) is 4.33. The van der Waals surface area contributed by atoms with Gasteiger partial charge in [0.25, 0.3) is 11.6 Å². The van der Waals surface area contributed by atoms with Crippen LogP contribution in [-0.4, -0.2) is 42.4 Å². The second-order valence-electron chi connectivity index (χ2n) is 5.05. The number of hydrogen-bond acceptors (Lipinski definition) is 4. The van der Waals surface area contributed by atoms with E-state index in [1.807, 2.05) is 22.6 Å². The van der Waals surface area contributed by atoms with Gasteiger partial charge in [-0.2, -0.15) is 0 Å². The molecule has 0 aromatic heterocycles. The van der Waals surface area contributed by atoms with E-state index in [0.717, 1.165) is 19.5 Å². The fourth-order valence-electron chi connectivity index (χ4n) is 2.33. The summed E-state index contributed by atoms with van der Waals surface area (Å²) < 4.78 is 0.717. The summed E-state index contributed by atoms with van der Waals surface area (Å²) in [6.07, 6.45) is 1.07. The Morgan fingerprint density at radius 2 is 2.35 bits per heavy atom. The highest BCUT2D eigenvalue weighted by Gasteiger charge is 2.21. The van der Waals surface area contributed by atoms with Crippen molar-refractivity contribution in [3.8, 4) is 0 Å². The molecule has 1 unspecified atom stereocenters. The van der Waals surface area contributed by atoms with Crippen LogP contribution in [0.4, 0.5) is 5.69 Å². The van der Waals surface area contributed by atoms with Gasteiger partial charge >= 0.3 is 0 Å². The fourth-order valence-corrected chi connectivity index (χ4v) is 2.91. The van der Waals surface area contributed by atoms with Gasteiger partial charge in [0.15, 0.2) is 0 Å². The van der Waals surface area contributed by atoms with Crippen LogP contribution in [0, 0.1) is 19.6 Å². The first-order valence-corrected chi connectivity index (χ1v) is 7.46. The lowest BCUT2D eigenvalue weighted by atomic mass is 10.1. The van der Waals surface area contributed by atoms with Crippen LogP contribution in [0.1, 0.15) is 16.8 Å². The number of halogens is 1. The summed E-state index contributed by atoms with van der Waals surface area (Å²) in [5, 5.41) is 13.6. The van der Waals surface area contributed by atoms with Crippen molar-refractivity contribution in [2.45, 2.75) is 6.42 Å². The molecule has 0 spiro atoms. The molecule has 1 heterocycles. The minimum atomic E-state index is -0.487. The third kappa shape index (κ3) is 3.66. The number of benzene rings is 1. The molecule has 2 rings (SSSR count). The largest absolute Gasteiger partial charge is 0.352 e. The van der Waals surface area contributed by atoms with E-state index in [1.165, 1.54) is 12.1 Å². The lowest BCUT2D eigenvalue weighted by molar-refractivity contribution is -0.384. The quantitative estimate of drug-likeness (QED) is 0.485. The molecule has 1 amide bonds. The lowest BCUT2D eigenvalue weighted by Crippen LogP contribution is -2.31. The Morgan fingerprint density at radius 1 is 1.60 bits per heavy atom. The maximum Gasteiger partial charge on any atom is 0.270 e. The molecule has 1 aromatic rings. The summed E-state index contributed by atoms with van der Waals surface area (Å²) in [5.74, 6) is 0.216. The van der Waals surface area contributed by atoms with Crippen molar-refractivity contribution < 1.29 is 9.72 Å². The Hall–Kier alpha value is -1.22. The van der Waals surface area contributed by atoms with Crippen molar-refractivity contribution in [1.82, 2.24) is 10.2 Å². The molecule has 1 aliphatic heterocycles. The minimum Gasteiger partial charge on any atom is -0.352 e. The fraction of sp³-hybridized carbons (Fsp3) is 0.462. The molecular formula is C13H16IN3O3. The molecule has 0 bridgehead atoms. The second-order valence-corrected chi connectivity index (χ2v) is 6.21. The highest BCUT2D eigenvalue weighted by Crippen LogP contribution is 2.20. The first kappa shape index (κ1) is 15.2. The number of amides is 1. The van der Waals surface area contributed by atoms with Crippen LogP contribution < -0.4 is 5.32 Å². The van der Waals surface area contributed by atoms with Crippen LogP contribution in [0.5, 0.6) is 0 Å². The van der Waals surface area contributed by atoms with Gasteiger partial charge in [-0.05, 0) is 54.6 Å². The molecule has 1 aliphatic rings. The summed E-state index contributed by atoms with van der Waals surface area (Å²) in [6.45, 7) is 2.64. The van der Waals surface area contributed by atoms with Gasteiger partial charge in [0.1, 0.15) is 0 Å². The van der Waals surface area contributed by atoms with Gasteiger partial charge in [-0.1, -0.05) is 0 Å². The summed E-state index contributed by atoms with van der Waals surface area (Å²) in [7, 11) is 2.06. The molecule has 0 radical (unpaired) electrons. The van der Waals surface area contributed by atoms with Crippen LogP contribution in [0.15, 0.2) is 18.2 Å². The zero-order chi connectivity index (χ0) is 14.7. The van der Waals surface area contributed by atoms with Crippen molar-refractivity contribution in [1.29, 1.82) is 0 Å². The van der Waals surface area contributed by atoms with Crippen LogP contribution in [0.2, 0.25) is 0 Å². The van der Waals surface area contributed by atoms with Gasteiger partial charge in [-0.25, -0.2) is 0 Å². The highest BCUT2D eigenvalue weighted by molar-refractivity contribution is 14.1. The van der Waals surface area contributed by atoms with Crippen molar-refractivity contribution >= 4 is 34.2 Å². The van der Waals surface area contributed by atoms with E-state index >= 15 is 0 Å². The van der Waals surface area contributed by atoms with E-state index in [4.69, 9.17) is 0 Å². The predicted octanol–water partition coefficient (Wildman–Crippen LogP) is 1.88. The van der Waals surface area contributed by atoms with Gasteiger partial charge in [0.2, 0.25) is 0 Å². The van der Waals surface area contributed by atoms with E-state index < -0.39 is 4.92 Å². The number of nitro benzene ring substituents is 1. The van der Waals surface area contributed by atoms with E-state index in [1.54, 1.807) is 6.07 Å². The molecule has 108 valence electrons. The number of carbonyl (C=O) groups is 1. The molecule has 1 fully saturated rings. The van der Waals surface area contributed by atoms with Gasteiger partial charge in [0, 0.05) is 28.8 Å². The van der Waals surface area contributed by atoms with Crippen molar-refractivity contribution in [2.75, 3.05) is 26.7 Å². The number of nitro groups is 1.